The molecule has 27 heavy (non-hydrogen) atoms. The Kier molecular flexibility index (Phi) is 5.94. The van der Waals surface area contributed by atoms with Gasteiger partial charge in [-0.15, -0.1) is 11.8 Å². The van der Waals surface area contributed by atoms with Crippen LogP contribution in [-0.2, 0) is 9.53 Å². The molecule has 138 valence electrons. The molecule has 9 heteroatoms. The van der Waals surface area contributed by atoms with Gasteiger partial charge in [0, 0.05) is 17.8 Å². The first-order valence-corrected chi connectivity index (χ1v) is 9.69. The zero-order valence-corrected chi connectivity index (χ0v) is 15.9. The monoisotopic (exact) mass is 402 g/mol. The number of anilines is 1. The molecule has 0 atom stereocenters. The molecule has 1 N–H and O–H groups in total. The van der Waals surface area contributed by atoms with Gasteiger partial charge in [0.15, 0.2) is 6.61 Å². The van der Waals surface area contributed by atoms with Crippen molar-refractivity contribution in [3.63, 3.8) is 0 Å². The molecule has 0 aliphatic heterocycles. The molecule has 1 fully saturated rings. The molecule has 0 unspecified atom stereocenters. The first-order valence-electron chi connectivity index (χ1n) is 8.09. The van der Waals surface area contributed by atoms with Crippen LogP contribution in [0.25, 0.3) is 0 Å². The lowest BCUT2D eigenvalue weighted by Crippen LogP contribution is -2.22. The minimum atomic E-state index is -0.731. The maximum Gasteiger partial charge on any atom is 0.340 e. The Hall–Kier alpha value is -2.63. The van der Waals surface area contributed by atoms with Crippen LogP contribution in [0, 0.1) is 11.3 Å². The highest BCUT2D eigenvalue weighted by Crippen LogP contribution is 2.40. The van der Waals surface area contributed by atoms with Crippen molar-refractivity contribution in [3.05, 3.63) is 46.2 Å². The Labute approximate surface area is 165 Å². The summed E-state index contributed by atoms with van der Waals surface area (Å²) in [6.45, 7) is -0.496. The second-order valence-electron chi connectivity index (χ2n) is 5.85. The molecule has 1 aliphatic rings. The average molecular weight is 403 g/mol. The number of nitrogens with one attached hydrogen (secondary N) is 1. The van der Waals surface area contributed by atoms with Gasteiger partial charge in [-0.1, -0.05) is 11.6 Å². The summed E-state index contributed by atoms with van der Waals surface area (Å²) >= 11 is 7.03. The van der Waals surface area contributed by atoms with Crippen LogP contribution in [-0.4, -0.2) is 34.7 Å². The number of amides is 1. The third kappa shape index (κ3) is 4.76. The summed E-state index contributed by atoms with van der Waals surface area (Å²) in [5, 5.41) is 12.8. The Balaban J connectivity index is 1.70. The predicted molar refractivity (Wildman–Crippen MR) is 101 cm³/mol. The fourth-order valence-corrected chi connectivity index (χ4v) is 3.05. The SMILES string of the molecule is CSc1nc(C2CC2)cc(C(=O)OCC(=O)Nc2ccc(Cl)cn2)c1C#N. The highest BCUT2D eigenvalue weighted by molar-refractivity contribution is 7.98. The smallest absolute Gasteiger partial charge is 0.340 e. The van der Waals surface area contributed by atoms with Crippen LogP contribution in [0.4, 0.5) is 5.82 Å². The summed E-state index contributed by atoms with van der Waals surface area (Å²) in [6.07, 6.45) is 5.21. The number of nitrogens with zero attached hydrogens (tertiary/aromatic N) is 3. The predicted octanol–water partition coefficient (Wildman–Crippen LogP) is 3.40. The summed E-state index contributed by atoms with van der Waals surface area (Å²) in [4.78, 5) is 32.8. The van der Waals surface area contributed by atoms with Gasteiger partial charge >= 0.3 is 5.97 Å². The standard InChI is InChI=1S/C18H15ClN4O3S/c1-27-17-13(7-20)12(6-14(22-17)10-2-3-10)18(25)26-9-16(24)23-15-5-4-11(19)8-21-15/h4-6,8,10H,2-3,9H2,1H3,(H,21,23,24). The van der Waals surface area contributed by atoms with Crippen molar-refractivity contribution in [2.45, 2.75) is 23.8 Å². The van der Waals surface area contributed by atoms with Crippen molar-refractivity contribution in [2.75, 3.05) is 18.2 Å². The lowest BCUT2D eigenvalue weighted by Gasteiger charge is -2.10. The molecular weight excluding hydrogens is 388 g/mol. The van der Waals surface area contributed by atoms with Gasteiger partial charge in [0.2, 0.25) is 0 Å². The largest absolute Gasteiger partial charge is 0.452 e. The van der Waals surface area contributed by atoms with Gasteiger partial charge in [0.1, 0.15) is 16.9 Å². The minimum absolute atomic E-state index is 0.135. The van der Waals surface area contributed by atoms with Crippen molar-refractivity contribution in [2.24, 2.45) is 0 Å². The van der Waals surface area contributed by atoms with Crippen molar-refractivity contribution >= 4 is 41.1 Å². The number of nitriles is 1. The van der Waals surface area contributed by atoms with E-state index < -0.39 is 18.5 Å². The summed E-state index contributed by atoms with van der Waals surface area (Å²) in [5.74, 6) is -0.666. The van der Waals surface area contributed by atoms with Gasteiger partial charge in [-0.3, -0.25) is 4.79 Å². The zero-order chi connectivity index (χ0) is 19.4. The molecule has 3 rings (SSSR count). The van der Waals surface area contributed by atoms with Gasteiger partial charge in [-0.2, -0.15) is 5.26 Å². The zero-order valence-electron chi connectivity index (χ0n) is 14.4. The van der Waals surface area contributed by atoms with Crippen molar-refractivity contribution in [3.8, 4) is 6.07 Å². The Bertz CT molecular complexity index is 923. The fourth-order valence-electron chi connectivity index (χ4n) is 2.38. The van der Waals surface area contributed by atoms with Crippen molar-refractivity contribution in [1.29, 1.82) is 5.26 Å². The molecule has 0 saturated heterocycles. The summed E-state index contributed by atoms with van der Waals surface area (Å²) in [6, 6.07) is 6.71. The third-order valence-electron chi connectivity index (χ3n) is 3.86. The van der Waals surface area contributed by atoms with E-state index in [0.29, 0.717) is 21.8 Å². The molecule has 1 amide bonds. The van der Waals surface area contributed by atoms with Crippen LogP contribution in [0.5, 0.6) is 0 Å². The van der Waals surface area contributed by atoms with Crippen LogP contribution < -0.4 is 5.32 Å². The van der Waals surface area contributed by atoms with E-state index in [4.69, 9.17) is 16.3 Å². The highest BCUT2D eigenvalue weighted by atomic mass is 35.5. The summed E-state index contributed by atoms with van der Waals surface area (Å²) in [7, 11) is 0. The van der Waals surface area contributed by atoms with E-state index in [9.17, 15) is 14.9 Å². The van der Waals surface area contributed by atoms with Crippen LogP contribution >= 0.6 is 23.4 Å². The van der Waals surface area contributed by atoms with Gasteiger partial charge < -0.3 is 10.1 Å². The maximum atomic E-state index is 12.5. The number of aromatic nitrogens is 2. The van der Waals surface area contributed by atoms with Crippen molar-refractivity contribution in [1.82, 2.24) is 9.97 Å². The van der Waals surface area contributed by atoms with E-state index in [1.807, 2.05) is 6.07 Å². The van der Waals surface area contributed by atoms with Crippen LogP contribution in [0.2, 0.25) is 5.02 Å². The first kappa shape index (κ1) is 19.1. The van der Waals surface area contributed by atoms with Gasteiger partial charge in [0.05, 0.1) is 16.1 Å². The number of thioether (sulfide) groups is 1. The van der Waals surface area contributed by atoms with E-state index >= 15 is 0 Å². The first-order chi connectivity index (χ1) is 13.0. The molecule has 1 saturated carbocycles. The van der Waals surface area contributed by atoms with E-state index in [2.05, 4.69) is 15.3 Å². The van der Waals surface area contributed by atoms with Crippen molar-refractivity contribution < 1.29 is 14.3 Å². The average Bonchev–Trinajstić information content (AvgIpc) is 3.52. The minimum Gasteiger partial charge on any atom is -0.452 e. The number of halogens is 1. The number of hydrogen-bond donors (Lipinski definition) is 1. The number of esters is 1. The van der Waals surface area contributed by atoms with Crippen LogP contribution in [0.1, 0.15) is 40.4 Å². The molecule has 1 aliphatic carbocycles. The van der Waals surface area contributed by atoms with Crippen LogP contribution in [0.15, 0.2) is 29.4 Å². The third-order valence-corrected chi connectivity index (χ3v) is 4.76. The lowest BCUT2D eigenvalue weighted by atomic mass is 10.1. The number of hydrogen-bond acceptors (Lipinski definition) is 7. The lowest BCUT2D eigenvalue weighted by molar-refractivity contribution is -0.119. The van der Waals surface area contributed by atoms with Gasteiger partial charge in [-0.25, -0.2) is 14.8 Å². The van der Waals surface area contributed by atoms with Gasteiger partial charge in [-0.05, 0) is 37.3 Å². The molecular formula is C18H15ClN4O3S. The summed E-state index contributed by atoms with van der Waals surface area (Å²) in [5.41, 5.74) is 1.08. The molecule has 0 spiro atoms. The number of pyridine rings is 2. The van der Waals surface area contributed by atoms with E-state index in [-0.39, 0.29) is 11.1 Å². The molecule has 2 heterocycles. The molecule has 0 bridgehead atoms. The molecule has 0 radical (unpaired) electrons. The Morgan fingerprint density at radius 1 is 1.44 bits per heavy atom. The highest BCUT2D eigenvalue weighted by Gasteiger charge is 2.29. The fraction of sp³-hybridized carbons (Fsp3) is 0.278. The number of carbonyl (C=O) groups is 2. The summed E-state index contributed by atoms with van der Waals surface area (Å²) < 4.78 is 5.09. The Morgan fingerprint density at radius 2 is 2.22 bits per heavy atom. The number of carbonyl (C=O) groups excluding carboxylic acids is 2. The normalized spacial score (nSPS) is 12.9. The molecule has 0 aromatic carbocycles. The quantitative estimate of drug-likeness (QED) is 0.583. The van der Waals surface area contributed by atoms with Crippen LogP contribution in [0.3, 0.4) is 0 Å². The topological polar surface area (TPSA) is 105 Å². The van der Waals surface area contributed by atoms with E-state index in [1.54, 1.807) is 18.4 Å². The van der Waals surface area contributed by atoms with E-state index in [0.717, 1.165) is 18.5 Å². The second-order valence-corrected chi connectivity index (χ2v) is 7.08. The van der Waals surface area contributed by atoms with E-state index in [1.165, 1.54) is 24.0 Å². The molecule has 2 aromatic rings. The number of ether oxygens (including phenoxy) is 1. The number of rotatable bonds is 6. The molecule has 7 nitrogen and oxygen atoms in total. The maximum absolute atomic E-state index is 12.5. The van der Waals surface area contributed by atoms with Gasteiger partial charge in [0.25, 0.3) is 5.91 Å². The molecule has 2 aromatic heterocycles. The second kappa shape index (κ2) is 8.37. The Morgan fingerprint density at radius 3 is 2.81 bits per heavy atom.